The number of rotatable bonds is 6. The van der Waals surface area contributed by atoms with Gasteiger partial charge in [-0.2, -0.15) is 0 Å². The number of piperazine rings is 1. The van der Waals surface area contributed by atoms with Gasteiger partial charge in [0, 0.05) is 31.7 Å². The van der Waals surface area contributed by atoms with Crippen LogP contribution in [0.25, 0.3) is 0 Å². The molecule has 1 aliphatic heterocycles. The van der Waals surface area contributed by atoms with Crippen LogP contribution < -0.4 is 19.1 Å². The molecule has 2 aromatic rings. The Balaban J connectivity index is 1.68. The van der Waals surface area contributed by atoms with E-state index in [1.807, 2.05) is 36.9 Å². The van der Waals surface area contributed by atoms with Crippen molar-refractivity contribution >= 4 is 11.6 Å². The van der Waals surface area contributed by atoms with Crippen molar-refractivity contribution in [3.63, 3.8) is 0 Å². The molecule has 0 bridgehead atoms. The number of carbonyl (C=O) groups is 1. The monoisotopic (exact) mass is 384 g/mol. The van der Waals surface area contributed by atoms with E-state index in [-0.39, 0.29) is 12.0 Å². The molecule has 1 saturated heterocycles. The SMILES string of the molecule is COc1cc(C(=O)N2CCN(c3ccccc3OC)CC2)ccc1OC(C)C. The number of anilines is 1. The second kappa shape index (κ2) is 8.87. The van der Waals surface area contributed by atoms with Gasteiger partial charge < -0.3 is 24.0 Å². The summed E-state index contributed by atoms with van der Waals surface area (Å²) >= 11 is 0. The number of methoxy groups -OCH3 is 2. The van der Waals surface area contributed by atoms with Crippen LogP contribution in [0.2, 0.25) is 0 Å². The largest absolute Gasteiger partial charge is 0.495 e. The third-order valence-corrected chi connectivity index (χ3v) is 4.77. The predicted octanol–water partition coefficient (Wildman–Crippen LogP) is 3.45. The first-order valence-corrected chi connectivity index (χ1v) is 9.55. The number of amides is 1. The fourth-order valence-corrected chi connectivity index (χ4v) is 3.38. The smallest absolute Gasteiger partial charge is 0.254 e. The molecule has 0 atom stereocenters. The highest BCUT2D eigenvalue weighted by atomic mass is 16.5. The molecule has 1 fully saturated rings. The fraction of sp³-hybridized carbons (Fsp3) is 0.409. The van der Waals surface area contributed by atoms with Crippen LogP contribution in [0.4, 0.5) is 5.69 Å². The van der Waals surface area contributed by atoms with Crippen molar-refractivity contribution in [2.24, 2.45) is 0 Å². The van der Waals surface area contributed by atoms with E-state index in [9.17, 15) is 4.79 Å². The Bertz CT molecular complexity index is 814. The predicted molar refractivity (Wildman–Crippen MR) is 110 cm³/mol. The molecular formula is C22H28N2O4. The highest BCUT2D eigenvalue weighted by Gasteiger charge is 2.24. The number of benzene rings is 2. The Hall–Kier alpha value is -2.89. The topological polar surface area (TPSA) is 51.2 Å². The summed E-state index contributed by atoms with van der Waals surface area (Å²) < 4.78 is 16.6. The number of hydrogen-bond donors (Lipinski definition) is 0. The Morgan fingerprint density at radius 3 is 2.21 bits per heavy atom. The van der Waals surface area contributed by atoms with E-state index in [0.29, 0.717) is 30.2 Å². The molecule has 150 valence electrons. The van der Waals surface area contributed by atoms with Crippen molar-refractivity contribution in [1.82, 2.24) is 4.90 Å². The lowest BCUT2D eigenvalue weighted by molar-refractivity contribution is 0.0746. The Kier molecular flexibility index (Phi) is 6.29. The van der Waals surface area contributed by atoms with Crippen LogP contribution in [-0.4, -0.2) is 57.3 Å². The summed E-state index contributed by atoms with van der Waals surface area (Å²) in [5.41, 5.74) is 1.67. The van der Waals surface area contributed by atoms with Gasteiger partial charge in [0.15, 0.2) is 11.5 Å². The molecule has 0 aromatic heterocycles. The minimum atomic E-state index is 0.00840. The van der Waals surface area contributed by atoms with Crippen LogP contribution in [0.1, 0.15) is 24.2 Å². The first-order valence-electron chi connectivity index (χ1n) is 9.55. The van der Waals surface area contributed by atoms with Crippen molar-refractivity contribution in [3.05, 3.63) is 48.0 Å². The zero-order valence-corrected chi connectivity index (χ0v) is 17.0. The standard InChI is InChI=1S/C22H28N2O4/c1-16(2)28-20-10-9-17(15-21(20)27-4)22(25)24-13-11-23(12-14-24)18-7-5-6-8-19(18)26-3/h5-10,15-16H,11-14H2,1-4H3. The molecule has 0 saturated carbocycles. The Morgan fingerprint density at radius 2 is 1.57 bits per heavy atom. The molecule has 28 heavy (non-hydrogen) atoms. The molecule has 0 spiro atoms. The van der Waals surface area contributed by atoms with Crippen LogP contribution in [0.3, 0.4) is 0 Å². The van der Waals surface area contributed by atoms with Gasteiger partial charge >= 0.3 is 0 Å². The zero-order chi connectivity index (χ0) is 20.1. The second-order valence-electron chi connectivity index (χ2n) is 6.98. The molecule has 1 heterocycles. The molecule has 0 N–H and O–H groups in total. The van der Waals surface area contributed by atoms with Crippen molar-refractivity contribution < 1.29 is 19.0 Å². The highest BCUT2D eigenvalue weighted by Crippen LogP contribution is 2.31. The van der Waals surface area contributed by atoms with Crippen molar-refractivity contribution in [3.8, 4) is 17.2 Å². The fourth-order valence-electron chi connectivity index (χ4n) is 3.38. The van der Waals surface area contributed by atoms with Gasteiger partial charge in [0.2, 0.25) is 0 Å². The minimum absolute atomic E-state index is 0.00840. The molecule has 0 radical (unpaired) electrons. The van der Waals surface area contributed by atoms with E-state index in [1.165, 1.54) is 0 Å². The summed E-state index contributed by atoms with van der Waals surface area (Å²) in [6, 6.07) is 13.3. The summed E-state index contributed by atoms with van der Waals surface area (Å²) in [5, 5.41) is 0. The number of para-hydroxylation sites is 2. The summed E-state index contributed by atoms with van der Waals surface area (Å²) in [6.07, 6.45) is 0.0403. The van der Waals surface area contributed by atoms with Crippen LogP contribution >= 0.6 is 0 Å². The number of ether oxygens (including phenoxy) is 3. The van der Waals surface area contributed by atoms with E-state index in [0.717, 1.165) is 24.5 Å². The van der Waals surface area contributed by atoms with E-state index < -0.39 is 0 Å². The highest BCUT2D eigenvalue weighted by molar-refractivity contribution is 5.95. The van der Waals surface area contributed by atoms with Gasteiger partial charge in [-0.25, -0.2) is 0 Å². The maximum absolute atomic E-state index is 13.0. The molecule has 2 aromatic carbocycles. The average Bonchev–Trinajstić information content (AvgIpc) is 2.73. The lowest BCUT2D eigenvalue weighted by atomic mass is 10.1. The quantitative estimate of drug-likeness (QED) is 0.764. The Labute approximate surface area is 166 Å². The van der Waals surface area contributed by atoms with E-state index in [1.54, 1.807) is 32.4 Å². The minimum Gasteiger partial charge on any atom is -0.495 e. The summed E-state index contributed by atoms with van der Waals surface area (Å²) in [5.74, 6) is 2.09. The normalized spacial score (nSPS) is 14.2. The molecule has 0 unspecified atom stereocenters. The molecule has 1 aliphatic rings. The molecule has 0 aliphatic carbocycles. The van der Waals surface area contributed by atoms with Gasteiger partial charge in [0.1, 0.15) is 5.75 Å². The van der Waals surface area contributed by atoms with Gasteiger partial charge in [-0.3, -0.25) is 4.79 Å². The molecular weight excluding hydrogens is 356 g/mol. The Morgan fingerprint density at radius 1 is 0.893 bits per heavy atom. The van der Waals surface area contributed by atoms with Gasteiger partial charge in [0.05, 0.1) is 26.0 Å². The molecule has 1 amide bonds. The third kappa shape index (κ3) is 4.32. The van der Waals surface area contributed by atoms with Crippen LogP contribution in [0.5, 0.6) is 17.2 Å². The number of hydrogen-bond acceptors (Lipinski definition) is 5. The van der Waals surface area contributed by atoms with Crippen LogP contribution in [-0.2, 0) is 0 Å². The first kappa shape index (κ1) is 19.9. The van der Waals surface area contributed by atoms with Crippen molar-refractivity contribution in [1.29, 1.82) is 0 Å². The first-order chi connectivity index (χ1) is 13.5. The number of nitrogens with zero attached hydrogens (tertiary/aromatic N) is 2. The van der Waals surface area contributed by atoms with E-state index in [2.05, 4.69) is 11.0 Å². The van der Waals surface area contributed by atoms with Crippen molar-refractivity contribution in [2.75, 3.05) is 45.3 Å². The average molecular weight is 384 g/mol. The maximum atomic E-state index is 13.0. The third-order valence-electron chi connectivity index (χ3n) is 4.77. The summed E-state index contributed by atoms with van der Waals surface area (Å²) in [4.78, 5) is 17.1. The molecule has 6 heteroatoms. The van der Waals surface area contributed by atoms with Gasteiger partial charge in [-0.15, -0.1) is 0 Å². The van der Waals surface area contributed by atoms with Gasteiger partial charge in [-0.1, -0.05) is 12.1 Å². The maximum Gasteiger partial charge on any atom is 0.254 e. The lowest BCUT2D eigenvalue weighted by Gasteiger charge is -2.36. The van der Waals surface area contributed by atoms with E-state index >= 15 is 0 Å². The van der Waals surface area contributed by atoms with Crippen LogP contribution in [0, 0.1) is 0 Å². The molecule has 6 nitrogen and oxygen atoms in total. The van der Waals surface area contributed by atoms with Gasteiger partial charge in [0.25, 0.3) is 5.91 Å². The number of carbonyl (C=O) groups excluding carboxylic acids is 1. The van der Waals surface area contributed by atoms with E-state index in [4.69, 9.17) is 14.2 Å². The van der Waals surface area contributed by atoms with Crippen LogP contribution in [0.15, 0.2) is 42.5 Å². The lowest BCUT2D eigenvalue weighted by Crippen LogP contribution is -2.48. The molecule has 3 rings (SSSR count). The summed E-state index contributed by atoms with van der Waals surface area (Å²) in [7, 11) is 3.27. The van der Waals surface area contributed by atoms with Crippen molar-refractivity contribution in [2.45, 2.75) is 20.0 Å². The zero-order valence-electron chi connectivity index (χ0n) is 17.0. The second-order valence-corrected chi connectivity index (χ2v) is 6.98. The van der Waals surface area contributed by atoms with Gasteiger partial charge in [-0.05, 0) is 44.2 Å². The summed E-state index contributed by atoms with van der Waals surface area (Å²) in [6.45, 7) is 6.75.